The molecule has 6 N–H and O–H groups in total. The molecule has 3 atom stereocenters. The van der Waals surface area contributed by atoms with Crippen LogP contribution in [0.1, 0.15) is 12.8 Å². The third-order valence-electron chi connectivity index (χ3n) is 3.59. The summed E-state index contributed by atoms with van der Waals surface area (Å²) in [7, 11) is 0. The number of rotatable bonds is 14. The Morgan fingerprint density at radius 3 is 2.43 bits per heavy atom. The van der Waals surface area contributed by atoms with Crippen LogP contribution in [0.4, 0.5) is 0 Å². The first-order valence-electron chi connectivity index (χ1n) is 7.05. The van der Waals surface area contributed by atoms with E-state index in [-0.39, 0.29) is 38.9 Å². The minimum absolute atomic E-state index is 0.00962. The van der Waals surface area contributed by atoms with Gasteiger partial charge in [0.2, 0.25) is 0 Å². The van der Waals surface area contributed by atoms with Crippen molar-refractivity contribution < 1.29 is 44.8 Å². The highest BCUT2D eigenvalue weighted by atomic mass is 17.1. The van der Waals surface area contributed by atoms with Crippen molar-refractivity contribution in [1.29, 1.82) is 0 Å². The van der Waals surface area contributed by atoms with Crippen molar-refractivity contribution in [2.75, 3.05) is 33.0 Å². The van der Waals surface area contributed by atoms with Gasteiger partial charge in [-0.2, -0.15) is 0 Å². The van der Waals surface area contributed by atoms with E-state index in [1.165, 1.54) is 0 Å². The minimum atomic E-state index is -1.45. The lowest BCUT2D eigenvalue weighted by Gasteiger charge is -2.16. The summed E-state index contributed by atoms with van der Waals surface area (Å²) in [6.45, 7) is 0.831. The third kappa shape index (κ3) is 5.99. The molecule has 0 radical (unpaired) electrons. The van der Waals surface area contributed by atoms with Crippen LogP contribution in [0.3, 0.4) is 0 Å². The molecule has 1 aliphatic rings. The van der Waals surface area contributed by atoms with E-state index in [1.54, 1.807) is 0 Å². The van der Waals surface area contributed by atoms with Gasteiger partial charge in [-0.3, -0.25) is 25.4 Å². The van der Waals surface area contributed by atoms with Crippen molar-refractivity contribution in [2.24, 2.45) is 0 Å². The number of aliphatic carboxylic acids is 2. The van der Waals surface area contributed by atoms with Crippen LogP contribution in [0, 0.1) is 0 Å². The predicted octanol–water partition coefficient (Wildman–Crippen LogP) is -1.40. The van der Waals surface area contributed by atoms with Gasteiger partial charge in [0.25, 0.3) is 0 Å². The Kier molecular flexibility index (Phi) is 8.33. The maximum Gasteiger partial charge on any atom is 0.326 e. The van der Waals surface area contributed by atoms with E-state index in [0.29, 0.717) is 13.0 Å². The molecule has 134 valence electrons. The van der Waals surface area contributed by atoms with Crippen LogP contribution >= 0.6 is 0 Å². The van der Waals surface area contributed by atoms with Gasteiger partial charge in [-0.1, -0.05) is 0 Å². The molecule has 1 fully saturated rings. The molecule has 23 heavy (non-hydrogen) atoms. The van der Waals surface area contributed by atoms with Gasteiger partial charge in [-0.05, 0) is 6.42 Å². The van der Waals surface area contributed by atoms with Gasteiger partial charge in [0.15, 0.2) is 0 Å². The zero-order chi connectivity index (χ0) is 17.3. The van der Waals surface area contributed by atoms with Crippen LogP contribution < -0.4 is 10.6 Å². The molecular weight excluding hydrogens is 316 g/mol. The fraction of sp³-hybridized carbons (Fsp3) is 0.833. The van der Waals surface area contributed by atoms with Crippen molar-refractivity contribution in [3.8, 4) is 0 Å². The van der Waals surface area contributed by atoms with Gasteiger partial charge < -0.3 is 20.3 Å². The lowest BCUT2D eigenvalue weighted by Crippen LogP contribution is -2.37. The lowest BCUT2D eigenvalue weighted by atomic mass is 10.0. The Morgan fingerprint density at radius 2 is 1.91 bits per heavy atom. The summed E-state index contributed by atoms with van der Waals surface area (Å²) < 4.78 is 5.28. The maximum atomic E-state index is 11.1. The Labute approximate surface area is 132 Å². The number of ether oxygens (including phenoxy) is 1. The Balaban J connectivity index is 2.17. The molecule has 3 unspecified atom stereocenters. The Hall–Kier alpha value is -1.34. The van der Waals surface area contributed by atoms with Crippen molar-refractivity contribution in [1.82, 2.24) is 10.6 Å². The predicted molar refractivity (Wildman–Crippen MR) is 73.9 cm³/mol. The molecular formula is C12H22N2O9. The SMILES string of the molecule is O=C(O)C1NC1(CCOCCNC(CCOO)COO)C(=O)O. The van der Waals surface area contributed by atoms with Gasteiger partial charge in [-0.25, -0.2) is 9.78 Å². The number of carboxylic acids is 2. The van der Waals surface area contributed by atoms with Crippen LogP contribution in [0.25, 0.3) is 0 Å². The molecule has 0 aromatic rings. The molecule has 1 aliphatic heterocycles. The fourth-order valence-corrected chi connectivity index (χ4v) is 2.20. The quantitative estimate of drug-likeness (QED) is 0.0949. The Morgan fingerprint density at radius 1 is 1.17 bits per heavy atom. The molecule has 1 rings (SSSR count). The normalized spacial score (nSPS) is 24.3. The second-order valence-electron chi connectivity index (χ2n) is 5.12. The second kappa shape index (κ2) is 9.72. The average Bonchev–Trinajstić information content (AvgIpc) is 3.24. The molecule has 0 spiro atoms. The van der Waals surface area contributed by atoms with Crippen LogP contribution in [0.2, 0.25) is 0 Å². The van der Waals surface area contributed by atoms with Gasteiger partial charge in [-0.15, -0.1) is 0 Å². The van der Waals surface area contributed by atoms with E-state index in [0.717, 1.165) is 0 Å². The molecule has 11 heteroatoms. The van der Waals surface area contributed by atoms with E-state index >= 15 is 0 Å². The standard InChI is InChI=1S/C12H22N2O9/c15-10(16)9-12(14-9,11(17)18)2-5-21-6-3-13-8(7-23-20)1-4-22-19/h8-9,13-14,19-20H,1-7H2,(H,15,16)(H,17,18). The molecule has 0 amide bonds. The average molecular weight is 338 g/mol. The van der Waals surface area contributed by atoms with Gasteiger partial charge in [0.1, 0.15) is 11.6 Å². The molecule has 1 heterocycles. The minimum Gasteiger partial charge on any atom is -0.480 e. The van der Waals surface area contributed by atoms with Crippen molar-refractivity contribution in [2.45, 2.75) is 30.5 Å². The first kappa shape index (κ1) is 19.7. The second-order valence-corrected chi connectivity index (χ2v) is 5.12. The highest BCUT2D eigenvalue weighted by molar-refractivity contribution is 5.95. The summed E-state index contributed by atoms with van der Waals surface area (Å²) >= 11 is 0. The summed E-state index contributed by atoms with van der Waals surface area (Å²) in [6.07, 6.45) is 0.449. The molecule has 0 bridgehead atoms. The molecule has 1 saturated heterocycles. The number of carbonyl (C=O) groups is 2. The van der Waals surface area contributed by atoms with E-state index in [9.17, 15) is 9.59 Å². The first-order chi connectivity index (χ1) is 11.0. The smallest absolute Gasteiger partial charge is 0.326 e. The zero-order valence-electron chi connectivity index (χ0n) is 12.4. The third-order valence-corrected chi connectivity index (χ3v) is 3.59. The molecule has 0 aliphatic carbocycles. The van der Waals surface area contributed by atoms with Crippen LogP contribution in [-0.2, 0) is 24.1 Å². The van der Waals surface area contributed by atoms with Crippen molar-refractivity contribution in [3.63, 3.8) is 0 Å². The lowest BCUT2D eigenvalue weighted by molar-refractivity contribution is -0.257. The summed E-state index contributed by atoms with van der Waals surface area (Å²) in [5.41, 5.74) is -1.45. The monoisotopic (exact) mass is 338 g/mol. The Bertz CT molecular complexity index is 395. The van der Waals surface area contributed by atoms with E-state index < -0.39 is 23.5 Å². The maximum absolute atomic E-state index is 11.1. The number of nitrogens with one attached hydrogen (secondary N) is 2. The topological polar surface area (TPSA) is 177 Å². The number of hydrogen-bond donors (Lipinski definition) is 6. The molecule has 0 saturated carbocycles. The molecule has 0 aromatic heterocycles. The molecule has 11 nitrogen and oxygen atoms in total. The van der Waals surface area contributed by atoms with E-state index in [4.69, 9.17) is 25.5 Å². The molecule has 0 aromatic carbocycles. The summed E-state index contributed by atoms with van der Waals surface area (Å²) in [6, 6.07) is -1.34. The van der Waals surface area contributed by atoms with E-state index in [1.807, 2.05) is 0 Å². The van der Waals surface area contributed by atoms with Crippen molar-refractivity contribution in [3.05, 3.63) is 0 Å². The van der Waals surface area contributed by atoms with Gasteiger partial charge in [0.05, 0.1) is 19.8 Å². The summed E-state index contributed by atoms with van der Waals surface area (Å²) in [5, 5.41) is 40.0. The van der Waals surface area contributed by atoms with Crippen LogP contribution in [0.15, 0.2) is 0 Å². The largest absolute Gasteiger partial charge is 0.480 e. The van der Waals surface area contributed by atoms with Crippen LogP contribution in [-0.4, -0.2) is 83.3 Å². The highest BCUT2D eigenvalue weighted by Crippen LogP contribution is 2.31. The van der Waals surface area contributed by atoms with Gasteiger partial charge >= 0.3 is 11.9 Å². The fourth-order valence-electron chi connectivity index (χ4n) is 2.20. The van der Waals surface area contributed by atoms with E-state index in [2.05, 4.69) is 20.4 Å². The summed E-state index contributed by atoms with van der Waals surface area (Å²) in [5.74, 6) is -2.41. The number of carboxylic acid groups (broad SMARTS) is 2. The van der Waals surface area contributed by atoms with Crippen molar-refractivity contribution >= 4 is 11.9 Å². The van der Waals surface area contributed by atoms with Gasteiger partial charge in [0, 0.05) is 25.6 Å². The zero-order valence-corrected chi connectivity index (χ0v) is 12.4. The first-order valence-corrected chi connectivity index (χ1v) is 7.05. The van der Waals surface area contributed by atoms with Crippen LogP contribution in [0.5, 0.6) is 0 Å². The number of hydrogen-bond acceptors (Lipinski definition) is 9. The highest BCUT2D eigenvalue weighted by Gasteiger charge is 2.63. The summed E-state index contributed by atoms with van der Waals surface area (Å²) in [4.78, 5) is 29.9.